The molecule has 0 unspecified atom stereocenters. The minimum atomic E-state index is -0.822. The van der Waals surface area contributed by atoms with Crippen LogP contribution in [0.2, 0.25) is 5.02 Å². The Hall–Kier alpha value is -1.55. The molecule has 1 aromatic rings. The van der Waals surface area contributed by atoms with Gasteiger partial charge in [-0.15, -0.1) is 0 Å². The molecule has 0 fully saturated rings. The van der Waals surface area contributed by atoms with Crippen LogP contribution in [0, 0.1) is 5.82 Å². The molecule has 0 bridgehead atoms. The summed E-state index contributed by atoms with van der Waals surface area (Å²) in [6.07, 6.45) is 0.488. The third-order valence-corrected chi connectivity index (χ3v) is 2.17. The summed E-state index contributed by atoms with van der Waals surface area (Å²) >= 11 is 5.75. The number of benzene rings is 1. The first-order valence-electron chi connectivity index (χ1n) is 4.57. The van der Waals surface area contributed by atoms with Gasteiger partial charge in [0.15, 0.2) is 0 Å². The molecule has 1 aromatic carbocycles. The van der Waals surface area contributed by atoms with Crippen LogP contribution in [-0.4, -0.2) is 17.7 Å². The molecule has 0 aliphatic heterocycles. The van der Waals surface area contributed by atoms with Crippen molar-refractivity contribution in [2.75, 3.05) is 6.61 Å². The van der Waals surface area contributed by atoms with Crippen molar-refractivity contribution in [3.63, 3.8) is 0 Å². The van der Waals surface area contributed by atoms with E-state index < -0.39 is 11.8 Å². The molecule has 1 rings (SSSR count). The third kappa shape index (κ3) is 2.52. The van der Waals surface area contributed by atoms with Gasteiger partial charge in [0, 0.05) is 5.56 Å². The number of halogens is 2. The Labute approximate surface area is 97.1 Å². The number of hydrogen-bond donors (Lipinski definition) is 1. The zero-order valence-electron chi connectivity index (χ0n) is 8.54. The Morgan fingerprint density at radius 3 is 2.81 bits per heavy atom. The Kier molecular flexibility index (Phi) is 4.31. The fourth-order valence-corrected chi connectivity index (χ4v) is 1.45. The van der Waals surface area contributed by atoms with Crippen LogP contribution in [0.1, 0.15) is 12.5 Å². The van der Waals surface area contributed by atoms with E-state index in [1.807, 2.05) is 0 Å². The first-order chi connectivity index (χ1) is 7.61. The van der Waals surface area contributed by atoms with Crippen LogP contribution >= 0.6 is 11.6 Å². The van der Waals surface area contributed by atoms with E-state index in [1.165, 1.54) is 12.1 Å². The van der Waals surface area contributed by atoms with Crippen LogP contribution in [0.15, 0.2) is 24.5 Å². The van der Waals surface area contributed by atoms with Crippen molar-refractivity contribution in [3.05, 3.63) is 40.9 Å². The van der Waals surface area contributed by atoms with Crippen LogP contribution < -0.4 is 0 Å². The number of aliphatic hydroxyl groups is 1. The number of carbonyl (C=O) groups is 1. The van der Waals surface area contributed by atoms with Gasteiger partial charge in [-0.3, -0.25) is 0 Å². The number of ether oxygens (including phenoxy) is 1. The van der Waals surface area contributed by atoms with Crippen LogP contribution in [-0.2, 0) is 9.53 Å². The lowest BCUT2D eigenvalue weighted by molar-refractivity contribution is -0.136. The number of esters is 1. The van der Waals surface area contributed by atoms with E-state index in [9.17, 15) is 9.18 Å². The largest absolute Gasteiger partial charge is 0.515 e. The molecule has 0 aliphatic rings. The molecular formula is C11H10ClFO3. The molecule has 0 atom stereocenters. The number of carbonyl (C=O) groups excluding carboxylic acids is 1. The van der Waals surface area contributed by atoms with Crippen molar-refractivity contribution in [1.82, 2.24) is 0 Å². The standard InChI is InChI=1S/C11H10ClFO3/c1-2-16-11(15)7(6-14)10-8(12)4-3-5-9(10)13/h3-6,14H,2H2,1H3. The maximum Gasteiger partial charge on any atom is 0.342 e. The zero-order chi connectivity index (χ0) is 12.1. The molecule has 0 spiro atoms. The summed E-state index contributed by atoms with van der Waals surface area (Å²) in [6.45, 7) is 1.73. The summed E-state index contributed by atoms with van der Waals surface area (Å²) in [7, 11) is 0. The highest BCUT2D eigenvalue weighted by Crippen LogP contribution is 2.27. The highest BCUT2D eigenvalue weighted by atomic mass is 35.5. The van der Waals surface area contributed by atoms with Crippen molar-refractivity contribution in [2.24, 2.45) is 0 Å². The molecule has 0 aromatic heterocycles. The quantitative estimate of drug-likeness (QED) is 0.505. The van der Waals surface area contributed by atoms with Gasteiger partial charge in [-0.05, 0) is 19.1 Å². The molecular weight excluding hydrogens is 235 g/mol. The molecule has 1 N–H and O–H groups in total. The zero-order valence-corrected chi connectivity index (χ0v) is 9.29. The van der Waals surface area contributed by atoms with E-state index in [1.54, 1.807) is 6.92 Å². The topological polar surface area (TPSA) is 46.5 Å². The van der Waals surface area contributed by atoms with Crippen molar-refractivity contribution in [3.8, 4) is 0 Å². The lowest BCUT2D eigenvalue weighted by atomic mass is 10.1. The smallest absolute Gasteiger partial charge is 0.342 e. The van der Waals surface area contributed by atoms with Crippen LogP contribution in [0.25, 0.3) is 5.57 Å². The third-order valence-electron chi connectivity index (χ3n) is 1.86. The number of aliphatic hydroxyl groups excluding tert-OH is 1. The van der Waals surface area contributed by atoms with Gasteiger partial charge in [0.25, 0.3) is 0 Å². The predicted molar refractivity (Wildman–Crippen MR) is 58.6 cm³/mol. The molecule has 86 valence electrons. The maximum absolute atomic E-state index is 13.4. The monoisotopic (exact) mass is 244 g/mol. The van der Waals surface area contributed by atoms with Crippen LogP contribution in [0.5, 0.6) is 0 Å². The molecule has 5 heteroatoms. The summed E-state index contributed by atoms with van der Waals surface area (Å²) in [5, 5.41) is 8.97. The van der Waals surface area contributed by atoms with Crippen molar-refractivity contribution in [1.29, 1.82) is 0 Å². The average molecular weight is 245 g/mol. The average Bonchev–Trinajstić information content (AvgIpc) is 2.24. The minimum Gasteiger partial charge on any atom is -0.515 e. The van der Waals surface area contributed by atoms with Gasteiger partial charge in [0.2, 0.25) is 0 Å². The predicted octanol–water partition coefficient (Wildman–Crippen LogP) is 2.94. The van der Waals surface area contributed by atoms with E-state index in [-0.39, 0.29) is 22.8 Å². The Bertz CT molecular complexity index is 409. The van der Waals surface area contributed by atoms with E-state index in [0.717, 1.165) is 6.07 Å². The maximum atomic E-state index is 13.4. The van der Waals surface area contributed by atoms with Gasteiger partial charge in [0.1, 0.15) is 11.4 Å². The first kappa shape index (κ1) is 12.5. The lowest BCUT2D eigenvalue weighted by Crippen LogP contribution is -2.08. The summed E-state index contributed by atoms with van der Waals surface area (Å²) in [5.41, 5.74) is -0.463. The molecule has 0 saturated carbocycles. The van der Waals surface area contributed by atoms with E-state index in [2.05, 4.69) is 4.74 Å². The normalized spacial score (nSPS) is 11.3. The number of rotatable bonds is 3. The molecule has 0 saturated heterocycles. The SMILES string of the molecule is CCOC(=O)C(=CO)c1c(F)cccc1Cl. The molecule has 0 aliphatic carbocycles. The molecule has 0 heterocycles. The summed E-state index contributed by atoms with van der Waals surface area (Å²) in [4.78, 5) is 11.4. The van der Waals surface area contributed by atoms with Crippen molar-refractivity contribution >= 4 is 23.1 Å². The second kappa shape index (κ2) is 5.51. The van der Waals surface area contributed by atoms with Crippen LogP contribution in [0.4, 0.5) is 4.39 Å². The second-order valence-electron chi connectivity index (χ2n) is 2.86. The summed E-state index contributed by atoms with van der Waals surface area (Å²) < 4.78 is 18.1. The van der Waals surface area contributed by atoms with Gasteiger partial charge in [-0.25, -0.2) is 9.18 Å². The minimum absolute atomic E-state index is 0.0355. The van der Waals surface area contributed by atoms with Crippen molar-refractivity contribution < 1.29 is 19.0 Å². The fourth-order valence-electron chi connectivity index (χ4n) is 1.18. The molecule has 0 radical (unpaired) electrons. The molecule has 3 nitrogen and oxygen atoms in total. The second-order valence-corrected chi connectivity index (χ2v) is 3.27. The van der Waals surface area contributed by atoms with E-state index in [0.29, 0.717) is 6.26 Å². The highest BCUT2D eigenvalue weighted by Gasteiger charge is 2.20. The molecule has 0 amide bonds. The molecule has 16 heavy (non-hydrogen) atoms. The van der Waals surface area contributed by atoms with Gasteiger partial charge < -0.3 is 9.84 Å². The van der Waals surface area contributed by atoms with Gasteiger partial charge in [0.05, 0.1) is 17.9 Å². The first-order valence-corrected chi connectivity index (χ1v) is 4.95. The van der Waals surface area contributed by atoms with E-state index >= 15 is 0 Å². The van der Waals surface area contributed by atoms with E-state index in [4.69, 9.17) is 16.7 Å². The highest BCUT2D eigenvalue weighted by molar-refractivity contribution is 6.34. The van der Waals surface area contributed by atoms with Gasteiger partial charge in [-0.2, -0.15) is 0 Å². The summed E-state index contributed by atoms with van der Waals surface area (Å²) in [6, 6.07) is 3.97. The van der Waals surface area contributed by atoms with Gasteiger partial charge in [-0.1, -0.05) is 17.7 Å². The van der Waals surface area contributed by atoms with Crippen LogP contribution in [0.3, 0.4) is 0 Å². The van der Waals surface area contributed by atoms with Gasteiger partial charge >= 0.3 is 5.97 Å². The Morgan fingerprint density at radius 1 is 1.62 bits per heavy atom. The number of hydrogen-bond acceptors (Lipinski definition) is 3. The lowest BCUT2D eigenvalue weighted by Gasteiger charge is -2.08. The van der Waals surface area contributed by atoms with Crippen molar-refractivity contribution in [2.45, 2.75) is 6.92 Å². The fraction of sp³-hybridized carbons (Fsp3) is 0.182. The Balaban J connectivity index is 3.20. The Morgan fingerprint density at radius 2 is 2.31 bits per heavy atom. The summed E-state index contributed by atoms with van der Waals surface area (Å²) in [5.74, 6) is -1.52.